The quantitative estimate of drug-likeness (QED) is 0.235. The van der Waals surface area contributed by atoms with E-state index in [1.807, 2.05) is 74.5 Å². The Morgan fingerprint density at radius 3 is 1.38 bits per heavy atom. The van der Waals surface area contributed by atoms with Crippen molar-refractivity contribution < 1.29 is 0 Å². The van der Waals surface area contributed by atoms with Crippen LogP contribution in [0.3, 0.4) is 0 Å². The SMILES string of the molecule is CC(=C/c1ccccc1)/C=N/Nc1nnc(N/N=C/C(C)=C/c2ccccc2)c2ccccc12. The number of nitrogens with zero attached hydrogens (tertiary/aromatic N) is 4. The lowest BCUT2D eigenvalue weighted by atomic mass is 10.1. The predicted octanol–water partition coefficient (Wildman–Crippen LogP) is 6.63. The summed E-state index contributed by atoms with van der Waals surface area (Å²) in [6, 6.07) is 28.1. The number of hydrogen-bond acceptors (Lipinski definition) is 6. The molecule has 0 amide bonds. The summed E-state index contributed by atoms with van der Waals surface area (Å²) in [5.74, 6) is 1.16. The summed E-state index contributed by atoms with van der Waals surface area (Å²) < 4.78 is 0. The lowest BCUT2D eigenvalue weighted by Gasteiger charge is -2.08. The molecule has 168 valence electrons. The van der Waals surface area contributed by atoms with E-state index in [4.69, 9.17) is 0 Å². The molecule has 0 aliphatic carbocycles. The smallest absolute Gasteiger partial charge is 0.176 e. The summed E-state index contributed by atoms with van der Waals surface area (Å²) in [4.78, 5) is 0. The minimum atomic E-state index is 0.578. The maximum atomic E-state index is 4.34. The van der Waals surface area contributed by atoms with Gasteiger partial charge in [0, 0.05) is 10.8 Å². The Morgan fingerprint density at radius 1 is 0.588 bits per heavy atom. The number of allylic oxidation sites excluding steroid dienone is 2. The number of benzene rings is 3. The van der Waals surface area contributed by atoms with E-state index >= 15 is 0 Å². The van der Waals surface area contributed by atoms with Gasteiger partial charge in [-0.05, 0) is 36.1 Å². The highest BCUT2D eigenvalue weighted by Crippen LogP contribution is 2.25. The van der Waals surface area contributed by atoms with Crippen molar-refractivity contribution in [2.75, 3.05) is 10.9 Å². The first kappa shape index (κ1) is 22.6. The Kier molecular flexibility index (Phi) is 7.54. The number of rotatable bonds is 8. The lowest BCUT2D eigenvalue weighted by Crippen LogP contribution is -2.01. The molecule has 4 aromatic rings. The average molecular weight is 447 g/mol. The fourth-order valence-electron chi connectivity index (χ4n) is 3.36. The number of fused-ring (bicyclic) bond motifs is 1. The van der Waals surface area contributed by atoms with Crippen LogP contribution in [0, 0.1) is 0 Å². The number of hydrazone groups is 2. The van der Waals surface area contributed by atoms with Gasteiger partial charge in [0.25, 0.3) is 0 Å². The van der Waals surface area contributed by atoms with Crippen LogP contribution in [-0.2, 0) is 0 Å². The molecule has 0 atom stereocenters. The summed E-state index contributed by atoms with van der Waals surface area (Å²) in [6.07, 6.45) is 7.66. The van der Waals surface area contributed by atoms with Gasteiger partial charge in [-0.1, -0.05) is 97.1 Å². The Balaban J connectivity index is 1.47. The van der Waals surface area contributed by atoms with Crippen molar-refractivity contribution >= 4 is 47.0 Å². The first-order valence-corrected chi connectivity index (χ1v) is 11.0. The minimum Gasteiger partial charge on any atom is -0.259 e. The van der Waals surface area contributed by atoms with Gasteiger partial charge in [0.1, 0.15) is 0 Å². The van der Waals surface area contributed by atoms with Crippen molar-refractivity contribution in [3.63, 3.8) is 0 Å². The van der Waals surface area contributed by atoms with E-state index in [-0.39, 0.29) is 0 Å². The van der Waals surface area contributed by atoms with Gasteiger partial charge in [-0.3, -0.25) is 10.9 Å². The van der Waals surface area contributed by atoms with E-state index in [2.05, 4.69) is 67.7 Å². The maximum absolute atomic E-state index is 4.34. The summed E-state index contributed by atoms with van der Waals surface area (Å²) in [5, 5.41) is 19.1. The highest BCUT2D eigenvalue weighted by Gasteiger charge is 2.07. The van der Waals surface area contributed by atoms with Crippen LogP contribution in [0.1, 0.15) is 25.0 Å². The van der Waals surface area contributed by atoms with E-state index in [1.165, 1.54) is 0 Å². The van der Waals surface area contributed by atoms with Gasteiger partial charge >= 0.3 is 0 Å². The molecule has 1 aromatic heterocycles. The molecule has 0 saturated heterocycles. The van der Waals surface area contributed by atoms with Gasteiger partial charge in [0.05, 0.1) is 12.4 Å². The normalized spacial score (nSPS) is 12.5. The molecule has 0 unspecified atom stereocenters. The summed E-state index contributed by atoms with van der Waals surface area (Å²) >= 11 is 0. The third-order valence-electron chi connectivity index (χ3n) is 4.95. The summed E-state index contributed by atoms with van der Waals surface area (Å²) in [7, 11) is 0. The van der Waals surface area contributed by atoms with E-state index in [0.717, 1.165) is 33.0 Å². The third kappa shape index (κ3) is 6.23. The molecule has 34 heavy (non-hydrogen) atoms. The summed E-state index contributed by atoms with van der Waals surface area (Å²) in [5.41, 5.74) is 10.3. The standard InChI is InChI=1S/C28H26N6/c1-21(17-23-11-5-3-6-12-23)19-29-31-27-25-15-9-10-16-26(25)28(34-33-27)32-30-20-22(2)18-24-13-7-4-8-14-24/h3-20H,1-2H3,(H,31,33)(H,32,34)/b21-17-,22-18+,29-19+,30-20+. The second kappa shape index (κ2) is 11.3. The number of nitrogens with one attached hydrogen (secondary N) is 2. The lowest BCUT2D eigenvalue weighted by molar-refractivity contribution is 1.03. The van der Waals surface area contributed by atoms with E-state index in [9.17, 15) is 0 Å². The molecule has 0 aliphatic rings. The van der Waals surface area contributed by atoms with Crippen molar-refractivity contribution in [1.29, 1.82) is 0 Å². The molecule has 0 fully saturated rings. The number of hydrogen-bond donors (Lipinski definition) is 2. The Bertz CT molecular complexity index is 1250. The molecule has 6 nitrogen and oxygen atoms in total. The maximum Gasteiger partial charge on any atom is 0.176 e. The molecule has 4 rings (SSSR count). The first-order chi connectivity index (χ1) is 16.7. The fraction of sp³-hybridized carbons (Fsp3) is 0.0714. The molecule has 3 aromatic carbocycles. The van der Waals surface area contributed by atoms with E-state index in [0.29, 0.717) is 11.6 Å². The van der Waals surface area contributed by atoms with Crippen LogP contribution >= 0.6 is 0 Å². The highest BCUT2D eigenvalue weighted by molar-refractivity contribution is 5.98. The number of aromatic nitrogens is 2. The first-order valence-electron chi connectivity index (χ1n) is 11.0. The van der Waals surface area contributed by atoms with Gasteiger partial charge in [-0.15, -0.1) is 10.2 Å². The zero-order chi connectivity index (χ0) is 23.6. The Labute approximate surface area is 199 Å². The third-order valence-corrected chi connectivity index (χ3v) is 4.95. The molecule has 2 N–H and O–H groups in total. The van der Waals surface area contributed by atoms with E-state index < -0.39 is 0 Å². The van der Waals surface area contributed by atoms with Gasteiger partial charge in [-0.2, -0.15) is 10.2 Å². The molecule has 6 heteroatoms. The zero-order valence-corrected chi connectivity index (χ0v) is 19.2. The fourth-order valence-corrected chi connectivity index (χ4v) is 3.36. The molecule has 0 radical (unpaired) electrons. The largest absolute Gasteiger partial charge is 0.259 e. The van der Waals surface area contributed by atoms with Gasteiger partial charge < -0.3 is 0 Å². The topological polar surface area (TPSA) is 74.6 Å². The van der Waals surface area contributed by atoms with Crippen molar-refractivity contribution in [2.24, 2.45) is 10.2 Å². The van der Waals surface area contributed by atoms with Crippen LogP contribution < -0.4 is 10.9 Å². The predicted molar refractivity (Wildman–Crippen MR) is 144 cm³/mol. The van der Waals surface area contributed by atoms with Gasteiger partial charge in [0.15, 0.2) is 11.6 Å². The second-order valence-electron chi connectivity index (χ2n) is 7.78. The van der Waals surface area contributed by atoms with Crippen molar-refractivity contribution in [2.45, 2.75) is 13.8 Å². The Hall–Kier alpha value is -4.58. The summed E-state index contributed by atoms with van der Waals surface area (Å²) in [6.45, 7) is 4.00. The second-order valence-corrected chi connectivity index (χ2v) is 7.78. The van der Waals surface area contributed by atoms with Crippen LogP contribution in [0.25, 0.3) is 22.9 Å². The average Bonchev–Trinajstić information content (AvgIpc) is 2.86. The van der Waals surface area contributed by atoms with Crippen molar-refractivity contribution in [3.8, 4) is 0 Å². The number of anilines is 2. The minimum absolute atomic E-state index is 0.578. The zero-order valence-electron chi connectivity index (χ0n) is 19.2. The molecule has 0 saturated carbocycles. The molecular weight excluding hydrogens is 420 g/mol. The molecule has 0 aliphatic heterocycles. The van der Waals surface area contributed by atoms with E-state index in [1.54, 1.807) is 12.4 Å². The molecular formula is C28H26N6. The van der Waals surface area contributed by atoms with Crippen molar-refractivity contribution in [3.05, 3.63) is 107 Å². The van der Waals surface area contributed by atoms with Crippen molar-refractivity contribution in [1.82, 2.24) is 10.2 Å². The van der Waals surface area contributed by atoms with Crippen LogP contribution in [0.5, 0.6) is 0 Å². The molecule has 1 heterocycles. The van der Waals surface area contributed by atoms with Crippen LogP contribution in [-0.4, -0.2) is 22.6 Å². The van der Waals surface area contributed by atoms with Gasteiger partial charge in [0.2, 0.25) is 0 Å². The molecule has 0 bridgehead atoms. The Morgan fingerprint density at radius 2 is 0.971 bits per heavy atom. The van der Waals surface area contributed by atoms with Crippen LogP contribution in [0.2, 0.25) is 0 Å². The highest BCUT2D eigenvalue weighted by atomic mass is 15.4. The molecule has 0 spiro atoms. The monoisotopic (exact) mass is 446 g/mol. The van der Waals surface area contributed by atoms with Gasteiger partial charge in [-0.25, -0.2) is 0 Å². The van der Waals surface area contributed by atoms with Crippen LogP contribution in [0.15, 0.2) is 106 Å². The van der Waals surface area contributed by atoms with Crippen LogP contribution in [0.4, 0.5) is 11.6 Å².